The number of carboxylic acid groups (broad SMARTS) is 1. The van der Waals surface area contributed by atoms with Crippen LogP contribution in [0.1, 0.15) is 78.1 Å². The first-order chi connectivity index (χ1) is 12.8. The molecule has 0 radical (unpaired) electrons. The van der Waals surface area contributed by atoms with Crippen molar-refractivity contribution in [1.29, 1.82) is 0 Å². The van der Waals surface area contributed by atoms with Gasteiger partial charge < -0.3 is 20.4 Å². The van der Waals surface area contributed by atoms with Crippen molar-refractivity contribution in [3.05, 3.63) is 23.8 Å². The highest BCUT2D eigenvalue weighted by Crippen LogP contribution is 2.41. The van der Waals surface area contributed by atoms with Gasteiger partial charge in [-0.25, -0.2) is 0 Å². The number of carboxylic acids is 1. The van der Waals surface area contributed by atoms with Gasteiger partial charge in [0.15, 0.2) is 0 Å². The Morgan fingerprint density at radius 3 is 2.48 bits per heavy atom. The van der Waals surface area contributed by atoms with E-state index in [1.807, 2.05) is 13.0 Å². The summed E-state index contributed by atoms with van der Waals surface area (Å²) in [6.45, 7) is 3.76. The molecule has 5 heteroatoms. The molecule has 5 nitrogen and oxygen atoms in total. The van der Waals surface area contributed by atoms with Gasteiger partial charge >= 0.3 is 5.97 Å². The predicted octanol–water partition coefficient (Wildman–Crippen LogP) is 3.82. The SMILES string of the molecule is CC=C1C[C@@H](O)[C@H](C=C[C@@H](O)CCC[C@@H](C)O)[C@H]1CCCCCCC(=O)O. The Kier molecular flexibility index (Phi) is 11.6. The molecule has 0 aromatic rings. The zero-order chi connectivity index (χ0) is 20.2. The molecule has 0 unspecified atom stereocenters. The summed E-state index contributed by atoms with van der Waals surface area (Å²) in [5.74, 6) is -0.408. The molecule has 1 saturated carbocycles. The van der Waals surface area contributed by atoms with Crippen molar-refractivity contribution in [1.82, 2.24) is 0 Å². The van der Waals surface area contributed by atoms with Gasteiger partial charge in [0.2, 0.25) is 0 Å². The molecule has 4 N–H and O–H groups in total. The summed E-state index contributed by atoms with van der Waals surface area (Å²) in [7, 11) is 0. The molecule has 5 atom stereocenters. The molecule has 0 bridgehead atoms. The second-order valence-corrected chi connectivity index (χ2v) is 7.90. The van der Waals surface area contributed by atoms with Crippen molar-refractivity contribution < 1.29 is 25.2 Å². The third-order valence-electron chi connectivity index (χ3n) is 5.53. The average Bonchev–Trinajstić information content (AvgIpc) is 2.90. The molecule has 1 aliphatic carbocycles. The Bertz CT molecular complexity index is 483. The Balaban J connectivity index is 2.49. The van der Waals surface area contributed by atoms with E-state index in [1.165, 1.54) is 5.57 Å². The van der Waals surface area contributed by atoms with Gasteiger partial charge in [0.1, 0.15) is 0 Å². The van der Waals surface area contributed by atoms with E-state index in [0.29, 0.717) is 25.2 Å². The Morgan fingerprint density at radius 1 is 1.15 bits per heavy atom. The van der Waals surface area contributed by atoms with Crippen LogP contribution in [-0.4, -0.2) is 44.7 Å². The van der Waals surface area contributed by atoms with Crippen LogP contribution in [0.15, 0.2) is 23.8 Å². The number of aliphatic hydroxyl groups is 3. The van der Waals surface area contributed by atoms with Gasteiger partial charge in [0.25, 0.3) is 0 Å². The van der Waals surface area contributed by atoms with Crippen LogP contribution >= 0.6 is 0 Å². The van der Waals surface area contributed by atoms with Crippen molar-refractivity contribution in [3.63, 3.8) is 0 Å². The van der Waals surface area contributed by atoms with Crippen LogP contribution in [0.3, 0.4) is 0 Å². The van der Waals surface area contributed by atoms with Gasteiger partial charge in [0, 0.05) is 12.3 Å². The minimum absolute atomic E-state index is 0.0293. The van der Waals surface area contributed by atoms with E-state index in [0.717, 1.165) is 38.5 Å². The number of rotatable bonds is 13. The standard InChI is InChI=1S/C22H38O5/c1-3-17-15-21(25)20(14-13-18(24)10-8-9-16(2)23)19(17)11-6-4-5-7-12-22(26)27/h3,13-14,16,18-21,23-25H,4-12,15H2,1-2H3,(H,26,27)/t16-,18+,19+,20-,21-/m1/s1. The molecule has 1 fully saturated rings. The van der Waals surface area contributed by atoms with Gasteiger partial charge in [0.05, 0.1) is 18.3 Å². The van der Waals surface area contributed by atoms with E-state index >= 15 is 0 Å². The number of allylic oxidation sites excluding steroid dienone is 1. The number of hydrogen-bond donors (Lipinski definition) is 4. The third-order valence-corrected chi connectivity index (χ3v) is 5.53. The fourth-order valence-corrected chi connectivity index (χ4v) is 3.99. The summed E-state index contributed by atoms with van der Waals surface area (Å²) in [5, 5.41) is 38.5. The largest absolute Gasteiger partial charge is 0.481 e. The van der Waals surface area contributed by atoms with E-state index in [2.05, 4.69) is 6.08 Å². The molecule has 0 amide bonds. The zero-order valence-electron chi connectivity index (χ0n) is 16.9. The first-order valence-corrected chi connectivity index (χ1v) is 10.4. The van der Waals surface area contributed by atoms with E-state index in [-0.39, 0.29) is 18.4 Å². The first kappa shape index (κ1) is 23.9. The molecular weight excluding hydrogens is 344 g/mol. The Hall–Kier alpha value is -1.17. The van der Waals surface area contributed by atoms with Crippen LogP contribution in [0.25, 0.3) is 0 Å². The maximum atomic E-state index is 10.6. The first-order valence-electron chi connectivity index (χ1n) is 10.4. The van der Waals surface area contributed by atoms with Gasteiger partial charge in [-0.15, -0.1) is 0 Å². The molecule has 1 rings (SSSR count). The zero-order valence-corrected chi connectivity index (χ0v) is 16.9. The van der Waals surface area contributed by atoms with Crippen molar-refractivity contribution in [2.45, 2.75) is 96.4 Å². The third kappa shape index (κ3) is 9.54. The number of hydrogen-bond acceptors (Lipinski definition) is 4. The lowest BCUT2D eigenvalue weighted by Gasteiger charge is -2.20. The predicted molar refractivity (Wildman–Crippen MR) is 107 cm³/mol. The van der Waals surface area contributed by atoms with Crippen LogP contribution in [0.2, 0.25) is 0 Å². The Morgan fingerprint density at radius 2 is 1.85 bits per heavy atom. The minimum Gasteiger partial charge on any atom is -0.481 e. The van der Waals surface area contributed by atoms with Gasteiger partial charge in [-0.1, -0.05) is 43.1 Å². The summed E-state index contributed by atoms with van der Waals surface area (Å²) in [6, 6.07) is 0. The average molecular weight is 383 g/mol. The second-order valence-electron chi connectivity index (χ2n) is 7.90. The highest BCUT2D eigenvalue weighted by atomic mass is 16.4. The number of aliphatic carboxylic acids is 1. The van der Waals surface area contributed by atoms with Gasteiger partial charge in [-0.3, -0.25) is 4.79 Å². The molecule has 0 saturated heterocycles. The van der Waals surface area contributed by atoms with Crippen LogP contribution in [0.5, 0.6) is 0 Å². The van der Waals surface area contributed by atoms with Gasteiger partial charge in [-0.2, -0.15) is 0 Å². The molecule has 1 aliphatic rings. The molecule has 0 heterocycles. The molecule has 0 aliphatic heterocycles. The highest BCUT2D eigenvalue weighted by Gasteiger charge is 2.36. The molecule has 0 aromatic carbocycles. The monoisotopic (exact) mass is 382 g/mol. The Labute approximate surface area is 163 Å². The number of unbranched alkanes of at least 4 members (excludes halogenated alkanes) is 3. The highest BCUT2D eigenvalue weighted by molar-refractivity contribution is 5.66. The van der Waals surface area contributed by atoms with E-state index in [4.69, 9.17) is 5.11 Å². The van der Waals surface area contributed by atoms with Gasteiger partial charge in [-0.05, 0) is 58.3 Å². The summed E-state index contributed by atoms with van der Waals surface area (Å²) in [6.07, 6.45) is 12.3. The summed E-state index contributed by atoms with van der Waals surface area (Å²) in [4.78, 5) is 10.6. The van der Waals surface area contributed by atoms with Crippen molar-refractivity contribution in [3.8, 4) is 0 Å². The summed E-state index contributed by atoms with van der Waals surface area (Å²) >= 11 is 0. The smallest absolute Gasteiger partial charge is 0.303 e. The lowest BCUT2D eigenvalue weighted by atomic mass is 9.86. The summed E-state index contributed by atoms with van der Waals surface area (Å²) < 4.78 is 0. The summed E-state index contributed by atoms with van der Waals surface area (Å²) in [5.41, 5.74) is 1.28. The number of aliphatic hydroxyl groups excluding tert-OH is 3. The van der Waals surface area contributed by atoms with E-state index in [9.17, 15) is 20.1 Å². The fraction of sp³-hybridized carbons (Fsp3) is 0.773. The molecule has 156 valence electrons. The van der Waals surface area contributed by atoms with Crippen molar-refractivity contribution in [2.75, 3.05) is 0 Å². The number of carbonyl (C=O) groups is 1. The van der Waals surface area contributed by atoms with E-state index in [1.54, 1.807) is 13.0 Å². The van der Waals surface area contributed by atoms with Crippen molar-refractivity contribution >= 4 is 5.97 Å². The van der Waals surface area contributed by atoms with Crippen molar-refractivity contribution in [2.24, 2.45) is 11.8 Å². The van der Waals surface area contributed by atoms with Crippen LogP contribution in [-0.2, 0) is 4.79 Å². The topological polar surface area (TPSA) is 98.0 Å². The van der Waals surface area contributed by atoms with Crippen LogP contribution in [0, 0.1) is 11.8 Å². The molecule has 27 heavy (non-hydrogen) atoms. The lowest BCUT2D eigenvalue weighted by Crippen LogP contribution is -2.18. The molecule has 0 spiro atoms. The maximum Gasteiger partial charge on any atom is 0.303 e. The van der Waals surface area contributed by atoms with E-state index < -0.39 is 18.2 Å². The quantitative estimate of drug-likeness (QED) is 0.287. The normalized spacial score (nSPS) is 26.7. The lowest BCUT2D eigenvalue weighted by molar-refractivity contribution is -0.137. The second kappa shape index (κ2) is 13.1. The molecule has 0 aromatic heterocycles. The minimum atomic E-state index is -0.734. The van der Waals surface area contributed by atoms with Crippen LogP contribution in [0.4, 0.5) is 0 Å². The van der Waals surface area contributed by atoms with Crippen LogP contribution < -0.4 is 0 Å². The fourth-order valence-electron chi connectivity index (χ4n) is 3.99. The molecular formula is C22H38O5. The maximum absolute atomic E-state index is 10.6.